The second kappa shape index (κ2) is 8.95. The molecule has 0 unspecified atom stereocenters. The molecule has 1 amide bonds. The molecule has 1 aliphatic heterocycles. The van der Waals surface area contributed by atoms with E-state index in [4.69, 9.17) is 4.74 Å². The van der Waals surface area contributed by atoms with Crippen molar-refractivity contribution in [3.8, 4) is 0 Å². The average Bonchev–Trinajstić information content (AvgIpc) is 3.01. The quantitative estimate of drug-likeness (QED) is 0.814. The van der Waals surface area contributed by atoms with Gasteiger partial charge in [-0.1, -0.05) is 30.3 Å². The maximum atomic E-state index is 12.7. The number of hydrogen-bond acceptors (Lipinski definition) is 3. The van der Waals surface area contributed by atoms with Crippen LogP contribution in [-0.2, 0) is 28.9 Å². The van der Waals surface area contributed by atoms with Crippen LogP contribution in [0.15, 0.2) is 30.3 Å². The van der Waals surface area contributed by atoms with E-state index in [1.807, 2.05) is 25.1 Å². The molecule has 154 valence electrons. The predicted molar refractivity (Wildman–Crippen MR) is 112 cm³/mol. The number of nitrogens with one attached hydrogen (secondary N) is 1. The lowest BCUT2D eigenvalue weighted by molar-refractivity contribution is -0.121. The monoisotopic (exact) mass is 394 g/mol. The van der Waals surface area contributed by atoms with Crippen LogP contribution in [-0.4, -0.2) is 35.5 Å². The van der Waals surface area contributed by atoms with Gasteiger partial charge in [-0.15, -0.1) is 0 Å². The van der Waals surface area contributed by atoms with Crippen molar-refractivity contribution in [2.45, 2.75) is 64.5 Å². The fraction of sp³-hybridized carbons (Fsp3) is 0.500. The largest absolute Gasteiger partial charge is 0.376 e. The van der Waals surface area contributed by atoms with Crippen molar-refractivity contribution in [1.29, 1.82) is 0 Å². The van der Waals surface area contributed by atoms with Gasteiger partial charge < -0.3 is 14.6 Å². The normalized spacial score (nSPS) is 19.1. The van der Waals surface area contributed by atoms with Crippen molar-refractivity contribution in [2.24, 2.45) is 0 Å². The number of hydrogen-bond donors (Lipinski definition) is 1. The highest BCUT2D eigenvalue weighted by atomic mass is 16.5. The van der Waals surface area contributed by atoms with Crippen LogP contribution in [0.2, 0.25) is 0 Å². The zero-order chi connectivity index (χ0) is 20.2. The van der Waals surface area contributed by atoms with E-state index < -0.39 is 0 Å². The molecule has 0 bridgehead atoms. The van der Waals surface area contributed by atoms with Gasteiger partial charge in [0.05, 0.1) is 12.5 Å². The molecule has 1 atom stereocenters. The Bertz CT molecular complexity index is 879. The maximum Gasteiger partial charge on any atom is 0.224 e. The van der Waals surface area contributed by atoms with Crippen LogP contribution >= 0.6 is 0 Å². The summed E-state index contributed by atoms with van der Waals surface area (Å²) in [5.41, 5.74) is 5.05. The molecular weight excluding hydrogens is 364 g/mol. The van der Waals surface area contributed by atoms with Gasteiger partial charge in [-0.05, 0) is 50.2 Å². The summed E-state index contributed by atoms with van der Waals surface area (Å²) in [6.45, 7) is 4.12. The van der Waals surface area contributed by atoms with Crippen molar-refractivity contribution in [2.75, 3.05) is 13.2 Å². The highest BCUT2D eigenvalue weighted by Crippen LogP contribution is 2.31. The first-order valence-electron chi connectivity index (χ1n) is 10.8. The molecule has 5 nitrogen and oxygen atoms in total. The van der Waals surface area contributed by atoms with Gasteiger partial charge >= 0.3 is 0 Å². The number of amides is 1. The van der Waals surface area contributed by atoms with E-state index in [0.29, 0.717) is 13.0 Å². The number of rotatable bonds is 6. The molecule has 1 aromatic carbocycles. The van der Waals surface area contributed by atoms with Crippen LogP contribution in [0.25, 0.3) is 0 Å². The molecule has 1 fully saturated rings. The first-order chi connectivity index (χ1) is 14.1. The molecule has 0 saturated carbocycles. The lowest BCUT2D eigenvalue weighted by Gasteiger charge is -2.22. The smallest absolute Gasteiger partial charge is 0.224 e. The molecule has 4 rings (SSSR count). The van der Waals surface area contributed by atoms with Crippen molar-refractivity contribution < 1.29 is 14.3 Å². The van der Waals surface area contributed by atoms with Crippen LogP contribution < -0.4 is 5.32 Å². The third-order valence-corrected chi connectivity index (χ3v) is 6.18. The molecule has 2 aliphatic rings. The molecule has 0 spiro atoms. The van der Waals surface area contributed by atoms with Gasteiger partial charge in [0, 0.05) is 43.1 Å². The lowest BCUT2D eigenvalue weighted by atomic mass is 9.92. The zero-order valence-electron chi connectivity index (χ0n) is 17.2. The Hall–Kier alpha value is -2.40. The molecule has 5 heteroatoms. The molecule has 2 aromatic rings. The van der Waals surface area contributed by atoms with Crippen molar-refractivity contribution in [3.63, 3.8) is 0 Å². The highest BCUT2D eigenvalue weighted by Gasteiger charge is 2.29. The minimum atomic E-state index is -0.0275. The summed E-state index contributed by atoms with van der Waals surface area (Å²) in [4.78, 5) is 25.4. The summed E-state index contributed by atoms with van der Waals surface area (Å²) in [6, 6.07) is 10.3. The van der Waals surface area contributed by atoms with Gasteiger partial charge in [0.2, 0.25) is 5.91 Å². The van der Waals surface area contributed by atoms with Gasteiger partial charge in [0.1, 0.15) is 0 Å². The number of nitrogens with zero attached hydrogens (tertiary/aromatic N) is 1. The molecular formula is C24H30N2O3. The van der Waals surface area contributed by atoms with Gasteiger partial charge in [-0.2, -0.15) is 0 Å². The zero-order valence-corrected chi connectivity index (χ0v) is 17.2. The van der Waals surface area contributed by atoms with Crippen LogP contribution in [0.1, 0.15) is 65.0 Å². The van der Waals surface area contributed by atoms with Crippen molar-refractivity contribution in [3.05, 3.63) is 58.4 Å². The molecule has 1 aliphatic carbocycles. The molecule has 0 radical (unpaired) electrons. The fourth-order valence-electron chi connectivity index (χ4n) is 4.60. The average molecular weight is 395 g/mol. The number of ketones is 1. The topological polar surface area (TPSA) is 60.3 Å². The number of ether oxygens (including phenoxy) is 1. The second-order valence-corrected chi connectivity index (χ2v) is 8.20. The Kier molecular flexibility index (Phi) is 6.14. The van der Waals surface area contributed by atoms with Gasteiger partial charge in [0.25, 0.3) is 0 Å². The fourth-order valence-corrected chi connectivity index (χ4v) is 4.60. The number of Topliss-reactive ketones (excluding diaryl/α,β-unsaturated/α-hetero) is 1. The summed E-state index contributed by atoms with van der Waals surface area (Å²) >= 11 is 0. The number of carbonyl (C=O) groups is 2. The van der Waals surface area contributed by atoms with Crippen LogP contribution in [0.4, 0.5) is 0 Å². The van der Waals surface area contributed by atoms with Gasteiger partial charge in [-0.25, -0.2) is 0 Å². The first-order valence-corrected chi connectivity index (χ1v) is 10.8. The van der Waals surface area contributed by atoms with E-state index in [1.54, 1.807) is 0 Å². The summed E-state index contributed by atoms with van der Waals surface area (Å²) in [6.07, 6.45) is 5.99. The number of carbonyl (C=O) groups excluding carboxylic acids is 2. The summed E-state index contributed by atoms with van der Waals surface area (Å²) in [5, 5.41) is 3.02. The standard InChI is InChI=1S/C24H30N2O3/c1-17-20(14-23(28)25-15-19-10-5-6-13-29-19)24-21(11-7-12-22(24)27)26(17)16-18-8-3-2-4-9-18/h2-4,8-9,19H,5-7,10-16H2,1H3,(H,25,28)/t19-/m0/s1. The third-order valence-electron chi connectivity index (χ3n) is 6.18. The molecule has 29 heavy (non-hydrogen) atoms. The predicted octanol–water partition coefficient (Wildman–Crippen LogP) is 3.59. The molecule has 1 aromatic heterocycles. The van der Waals surface area contributed by atoms with E-state index in [0.717, 1.165) is 67.8 Å². The Morgan fingerprint density at radius 2 is 2.00 bits per heavy atom. The van der Waals surface area contributed by atoms with E-state index >= 15 is 0 Å². The SMILES string of the molecule is Cc1c(CC(=O)NC[C@@H]2CCCCO2)c2c(n1Cc1ccccc1)CCCC2=O. The first kappa shape index (κ1) is 19.9. The summed E-state index contributed by atoms with van der Waals surface area (Å²) < 4.78 is 7.95. The molecule has 1 saturated heterocycles. The second-order valence-electron chi connectivity index (χ2n) is 8.20. The number of aromatic nitrogens is 1. The van der Waals surface area contributed by atoms with E-state index in [-0.39, 0.29) is 24.2 Å². The number of benzene rings is 1. The lowest BCUT2D eigenvalue weighted by Crippen LogP contribution is -2.36. The Labute approximate surface area is 172 Å². The molecule has 2 heterocycles. The van der Waals surface area contributed by atoms with Crippen molar-refractivity contribution in [1.82, 2.24) is 9.88 Å². The van der Waals surface area contributed by atoms with E-state index in [2.05, 4.69) is 22.0 Å². The summed E-state index contributed by atoms with van der Waals surface area (Å²) in [7, 11) is 0. The minimum absolute atomic E-state index is 0.0275. The van der Waals surface area contributed by atoms with E-state index in [9.17, 15) is 9.59 Å². The van der Waals surface area contributed by atoms with Gasteiger partial charge in [-0.3, -0.25) is 9.59 Å². The highest BCUT2D eigenvalue weighted by molar-refractivity contribution is 6.01. The Morgan fingerprint density at radius 3 is 2.76 bits per heavy atom. The van der Waals surface area contributed by atoms with E-state index in [1.165, 1.54) is 5.56 Å². The Morgan fingerprint density at radius 1 is 1.17 bits per heavy atom. The maximum absolute atomic E-state index is 12.7. The minimum Gasteiger partial charge on any atom is -0.376 e. The van der Waals surface area contributed by atoms with Crippen LogP contribution in [0, 0.1) is 6.92 Å². The van der Waals surface area contributed by atoms with Crippen LogP contribution in [0.5, 0.6) is 0 Å². The number of fused-ring (bicyclic) bond motifs is 1. The molecule has 1 N–H and O–H groups in total. The van der Waals surface area contributed by atoms with Crippen molar-refractivity contribution >= 4 is 11.7 Å². The summed E-state index contributed by atoms with van der Waals surface area (Å²) in [5.74, 6) is 0.153. The third kappa shape index (κ3) is 4.45. The Balaban J connectivity index is 1.54. The van der Waals surface area contributed by atoms with Gasteiger partial charge in [0.15, 0.2) is 5.78 Å². The van der Waals surface area contributed by atoms with Crippen LogP contribution in [0.3, 0.4) is 0 Å².